The van der Waals surface area contributed by atoms with Gasteiger partial charge in [-0.3, -0.25) is 0 Å². The Bertz CT molecular complexity index is 2500. The third-order valence-corrected chi connectivity index (χ3v) is 13.5. The van der Waals surface area contributed by atoms with E-state index >= 15 is 0 Å². The highest BCUT2D eigenvalue weighted by Crippen LogP contribution is 2.22. The summed E-state index contributed by atoms with van der Waals surface area (Å²) in [5.41, 5.74) is 2.19. The Morgan fingerprint density at radius 2 is 0.611 bits per heavy atom. The standard InChI is InChI=1S/C15H16O2S.C10H8.2C9H12O3S.C2H6O2S.C2H6O.5C2H6/c1-3-13-6-10-15(11-7-13)18(16,17)14-8-4-12(2)5-9-14;1-2-6-10-8-4-3-7-9(10)5-1;2*1-3-13(10,11)9-6-4-8(12-2)5-7-9;1-5(2,3)4;1-3-2;5*1-2/h4-11H,3H2,1-2H3;1-8H;2*4-7H,3H2,1-2H3;1-2H3;1-2H3;5*1-2H3. The van der Waals surface area contributed by atoms with Crippen molar-refractivity contribution in [3.63, 3.8) is 0 Å². The van der Waals surface area contributed by atoms with Crippen LogP contribution in [-0.4, -0.2) is 86.1 Å². The lowest BCUT2D eigenvalue weighted by Gasteiger charge is -2.05. The quantitative estimate of drug-likeness (QED) is 0.135. The molecule has 6 rings (SSSR count). The van der Waals surface area contributed by atoms with E-state index in [4.69, 9.17) is 9.47 Å². The number of methoxy groups -OCH3 is 3. The SMILES string of the molecule is CC.CC.CC.CC.CC.CCS(=O)(=O)c1ccc(OC)cc1.CCS(=O)(=O)c1ccc(OC)cc1.CCc1ccc(S(=O)(=O)c2ccc(C)cc2)cc1.COC.CS(C)(=O)=O.c1ccc2ccccc2c1. The minimum absolute atomic E-state index is 0.124. The van der Waals surface area contributed by atoms with Crippen molar-refractivity contribution in [2.24, 2.45) is 0 Å². The monoisotopic (exact) mass is 1080 g/mol. The van der Waals surface area contributed by atoms with E-state index in [0.29, 0.717) is 31.1 Å². The van der Waals surface area contributed by atoms with Gasteiger partial charge in [0, 0.05) is 26.7 Å². The molecule has 0 aliphatic rings. The lowest BCUT2D eigenvalue weighted by atomic mass is 10.1. The van der Waals surface area contributed by atoms with E-state index in [1.165, 1.54) is 10.8 Å². The van der Waals surface area contributed by atoms with Crippen LogP contribution in [0.4, 0.5) is 0 Å². The molecule has 0 heterocycles. The summed E-state index contributed by atoms with van der Waals surface area (Å²) in [6.45, 7) is 27.2. The molecule has 0 fully saturated rings. The van der Waals surface area contributed by atoms with E-state index in [0.717, 1.165) is 30.1 Å². The molecule has 15 heteroatoms. The molecule has 0 N–H and O–H groups in total. The molecule has 6 aromatic carbocycles. The van der Waals surface area contributed by atoms with Crippen LogP contribution in [0.2, 0.25) is 0 Å². The molecule has 0 saturated heterocycles. The highest BCUT2D eigenvalue weighted by Gasteiger charge is 2.17. The second-order valence-electron chi connectivity index (χ2n) is 13.4. The van der Waals surface area contributed by atoms with Crippen molar-refractivity contribution >= 4 is 50.1 Å². The van der Waals surface area contributed by atoms with Crippen LogP contribution in [0.25, 0.3) is 10.8 Å². The Labute approximate surface area is 439 Å². The van der Waals surface area contributed by atoms with Gasteiger partial charge in [-0.2, -0.15) is 0 Å². The summed E-state index contributed by atoms with van der Waals surface area (Å²) in [5, 5.41) is 2.62. The largest absolute Gasteiger partial charge is 0.497 e. The molecule has 408 valence electrons. The smallest absolute Gasteiger partial charge is 0.206 e. The third-order valence-electron chi connectivity index (χ3n) is 8.23. The number of ether oxygens (including phenoxy) is 3. The maximum atomic E-state index is 12.3. The Kier molecular flexibility index (Phi) is 47.0. The lowest BCUT2D eigenvalue weighted by Crippen LogP contribution is -2.03. The molecule has 0 bridgehead atoms. The number of hydrogen-bond donors (Lipinski definition) is 0. The maximum absolute atomic E-state index is 12.3. The Hall–Kier alpha value is -5.06. The van der Waals surface area contributed by atoms with Crippen LogP contribution >= 0.6 is 0 Å². The van der Waals surface area contributed by atoms with Crippen molar-refractivity contribution in [1.29, 1.82) is 0 Å². The van der Waals surface area contributed by atoms with Crippen molar-refractivity contribution in [2.45, 2.75) is 123 Å². The van der Waals surface area contributed by atoms with Gasteiger partial charge in [0.15, 0.2) is 19.7 Å². The van der Waals surface area contributed by atoms with Crippen LogP contribution < -0.4 is 9.47 Å². The second kappa shape index (κ2) is 44.6. The maximum Gasteiger partial charge on any atom is 0.206 e. The Morgan fingerprint density at radius 1 is 0.375 bits per heavy atom. The van der Waals surface area contributed by atoms with E-state index in [-0.39, 0.29) is 11.5 Å². The summed E-state index contributed by atoms with van der Waals surface area (Å²) >= 11 is 0. The summed E-state index contributed by atoms with van der Waals surface area (Å²) in [6, 6.07) is 43.5. The molecule has 0 unspecified atom stereocenters. The van der Waals surface area contributed by atoms with E-state index in [9.17, 15) is 33.7 Å². The van der Waals surface area contributed by atoms with Gasteiger partial charge < -0.3 is 14.2 Å². The average Bonchev–Trinajstić information content (AvgIpc) is 3.42. The fraction of sp³-hybridized carbons (Fsp3) is 0.404. The summed E-state index contributed by atoms with van der Waals surface area (Å²) in [5.74, 6) is 1.57. The van der Waals surface area contributed by atoms with Crippen molar-refractivity contribution in [3.05, 3.63) is 157 Å². The second-order valence-corrected chi connectivity index (χ2v) is 22.2. The number of benzene rings is 6. The lowest BCUT2D eigenvalue weighted by molar-refractivity contribution is 0.277. The van der Waals surface area contributed by atoms with Gasteiger partial charge in [0.2, 0.25) is 9.84 Å². The fourth-order valence-corrected chi connectivity index (χ4v) is 7.82. The summed E-state index contributed by atoms with van der Waals surface area (Å²) < 4.78 is 103. The van der Waals surface area contributed by atoms with Crippen molar-refractivity contribution in [3.8, 4) is 11.5 Å². The first-order chi connectivity index (χ1) is 34.1. The molecule has 72 heavy (non-hydrogen) atoms. The number of rotatable bonds is 9. The Balaban J connectivity index is -0.000000252. The molecule has 0 radical (unpaired) electrons. The van der Waals surface area contributed by atoms with Crippen molar-refractivity contribution in [2.75, 3.05) is 52.5 Å². The van der Waals surface area contributed by atoms with E-state index in [1.807, 2.05) is 107 Å². The fourth-order valence-electron chi connectivity index (χ4n) is 4.79. The predicted molar refractivity (Wildman–Crippen MR) is 308 cm³/mol. The summed E-state index contributed by atoms with van der Waals surface area (Å²) in [6.07, 6.45) is 3.23. The van der Waals surface area contributed by atoms with E-state index in [1.54, 1.807) is 115 Å². The zero-order valence-corrected chi connectivity index (χ0v) is 50.4. The normalized spacial score (nSPS) is 9.78. The van der Waals surface area contributed by atoms with E-state index < -0.39 is 39.3 Å². The van der Waals surface area contributed by atoms with Gasteiger partial charge in [-0.25, -0.2) is 33.7 Å². The van der Waals surface area contributed by atoms with Gasteiger partial charge in [-0.1, -0.05) is 168 Å². The number of sulfone groups is 4. The number of aryl methyl sites for hydroxylation is 2. The van der Waals surface area contributed by atoms with Gasteiger partial charge >= 0.3 is 0 Å². The Morgan fingerprint density at radius 3 is 0.833 bits per heavy atom. The number of hydrogen-bond acceptors (Lipinski definition) is 11. The first-order valence-corrected chi connectivity index (χ1v) is 31.3. The van der Waals surface area contributed by atoms with Gasteiger partial charge in [0.25, 0.3) is 0 Å². The molecule has 0 amide bonds. The molecule has 11 nitrogen and oxygen atoms in total. The molecular weight excluding hydrogens is 989 g/mol. The first-order valence-electron chi connectivity index (χ1n) is 24.2. The molecular formula is C57H90O11S4. The predicted octanol–water partition coefficient (Wildman–Crippen LogP) is 14.3. The van der Waals surface area contributed by atoms with Gasteiger partial charge in [0.1, 0.15) is 21.3 Å². The van der Waals surface area contributed by atoms with Gasteiger partial charge in [0.05, 0.1) is 45.3 Å². The molecule has 0 aliphatic heterocycles. The van der Waals surface area contributed by atoms with Gasteiger partial charge in [-0.05, 0) is 102 Å². The van der Waals surface area contributed by atoms with Crippen LogP contribution in [0.1, 0.15) is 101 Å². The van der Waals surface area contributed by atoms with Crippen molar-refractivity contribution in [1.82, 2.24) is 0 Å². The molecule has 0 atom stereocenters. The molecule has 0 aliphatic carbocycles. The molecule has 0 spiro atoms. The van der Waals surface area contributed by atoms with E-state index in [2.05, 4.69) is 53.3 Å². The zero-order valence-electron chi connectivity index (χ0n) is 47.1. The molecule has 6 aromatic rings. The van der Waals surface area contributed by atoms with Crippen LogP contribution in [-0.2, 0) is 50.5 Å². The van der Waals surface area contributed by atoms with Crippen molar-refractivity contribution < 1.29 is 47.9 Å². The topological polar surface area (TPSA) is 164 Å². The van der Waals surface area contributed by atoms with Gasteiger partial charge in [-0.15, -0.1) is 0 Å². The third kappa shape index (κ3) is 33.6. The highest BCUT2D eigenvalue weighted by molar-refractivity contribution is 7.92. The summed E-state index contributed by atoms with van der Waals surface area (Å²) in [4.78, 5) is 1.38. The van der Waals surface area contributed by atoms with Crippen LogP contribution in [0.5, 0.6) is 11.5 Å². The minimum atomic E-state index is -3.38. The summed E-state index contributed by atoms with van der Waals surface area (Å²) in [7, 11) is -5.86. The highest BCUT2D eigenvalue weighted by atomic mass is 32.2. The van der Waals surface area contributed by atoms with Crippen LogP contribution in [0.15, 0.2) is 165 Å². The molecule has 0 aromatic heterocycles. The minimum Gasteiger partial charge on any atom is -0.497 e. The van der Waals surface area contributed by atoms with Crippen LogP contribution in [0, 0.1) is 6.92 Å². The number of fused-ring (bicyclic) bond motifs is 1. The first kappa shape index (κ1) is 75.9. The molecule has 0 saturated carbocycles. The zero-order chi connectivity index (χ0) is 57.0. The average molecular weight is 1080 g/mol. The van der Waals surface area contributed by atoms with Crippen LogP contribution in [0.3, 0.4) is 0 Å².